The Kier molecular flexibility index (Phi) is 7.70. The number of carboxylic acids is 1. The highest BCUT2D eigenvalue weighted by molar-refractivity contribution is 5.76. The Morgan fingerprint density at radius 2 is 2.22 bits per heavy atom. The van der Waals surface area contributed by atoms with Gasteiger partial charge >= 0.3 is 11.9 Å². The normalized spacial score (nSPS) is 21.4. The molecule has 0 bridgehead atoms. The van der Waals surface area contributed by atoms with Crippen molar-refractivity contribution >= 4 is 11.9 Å². The number of aromatic nitrogens is 2. The van der Waals surface area contributed by atoms with E-state index in [1.165, 1.54) is 7.11 Å². The fraction of sp³-hybridized carbons (Fsp3) is 0.667. The van der Waals surface area contributed by atoms with Gasteiger partial charge < -0.3 is 20.1 Å². The summed E-state index contributed by atoms with van der Waals surface area (Å²) < 4.78 is 4.58. The van der Waals surface area contributed by atoms with E-state index in [4.69, 9.17) is 5.11 Å². The van der Waals surface area contributed by atoms with Gasteiger partial charge in [-0.05, 0) is 33.0 Å². The minimum Gasteiger partial charge on any atom is -0.480 e. The summed E-state index contributed by atoms with van der Waals surface area (Å²) in [6.45, 7) is 3.05. The molecule has 2 heterocycles. The van der Waals surface area contributed by atoms with Gasteiger partial charge in [0.2, 0.25) is 0 Å². The summed E-state index contributed by atoms with van der Waals surface area (Å²) in [7, 11) is 4.91. The summed E-state index contributed by atoms with van der Waals surface area (Å²) in [6, 6.07) is -0.555. The van der Waals surface area contributed by atoms with Gasteiger partial charge in [-0.25, -0.2) is 4.98 Å². The fourth-order valence-electron chi connectivity index (χ4n) is 2.33. The lowest BCUT2D eigenvalue weighted by Crippen LogP contribution is -2.37. The van der Waals surface area contributed by atoms with Crippen molar-refractivity contribution in [2.45, 2.75) is 31.8 Å². The van der Waals surface area contributed by atoms with Crippen LogP contribution in [0.1, 0.15) is 19.0 Å². The number of esters is 1. The lowest BCUT2D eigenvalue weighted by molar-refractivity contribution is -0.143. The topological polar surface area (TPSA) is 108 Å². The zero-order valence-electron chi connectivity index (χ0n) is 14.1. The van der Waals surface area contributed by atoms with Crippen molar-refractivity contribution in [1.82, 2.24) is 20.2 Å². The van der Waals surface area contributed by atoms with Gasteiger partial charge in [-0.15, -0.1) is 0 Å². The number of H-pyrrole nitrogens is 1. The molecule has 8 heteroatoms. The van der Waals surface area contributed by atoms with Crippen molar-refractivity contribution in [3.05, 3.63) is 18.2 Å². The number of aliphatic carboxylic acids is 1. The van der Waals surface area contributed by atoms with Crippen molar-refractivity contribution in [3.8, 4) is 0 Å². The summed E-state index contributed by atoms with van der Waals surface area (Å²) in [6.07, 6.45) is 4.54. The molecule has 1 aromatic heterocycles. The molecule has 1 aromatic rings. The minimum atomic E-state index is -0.820. The van der Waals surface area contributed by atoms with E-state index in [2.05, 4.69) is 26.9 Å². The molecule has 3 N–H and O–H groups in total. The Bertz CT molecular complexity index is 490. The first-order valence-electron chi connectivity index (χ1n) is 7.52. The Labute approximate surface area is 136 Å². The standard InChI is InChI=1S/C8H13N3O2.C7H13NO2/c1-11(2)7(8(12)13)3-6-4-9-5-10-6;1-5-3-6(8-4-5)7(9)10-2/h4-5,7H,3H2,1-2H3,(H,9,10)(H,12,13);5-6,8H,3-4H2,1-2H3/t;5-,6-/m.0/s1. The van der Waals surface area contributed by atoms with Gasteiger partial charge in [-0.1, -0.05) is 6.92 Å². The average Bonchev–Trinajstić information content (AvgIpc) is 3.15. The molecular formula is C15H26N4O4. The molecule has 130 valence electrons. The van der Waals surface area contributed by atoms with Crippen LogP contribution in [0.15, 0.2) is 12.5 Å². The average molecular weight is 326 g/mol. The Morgan fingerprint density at radius 3 is 2.61 bits per heavy atom. The van der Waals surface area contributed by atoms with Crippen molar-refractivity contribution in [3.63, 3.8) is 0 Å². The summed E-state index contributed by atoms with van der Waals surface area (Å²) in [5.41, 5.74) is 0.834. The van der Waals surface area contributed by atoms with Crippen molar-refractivity contribution in [2.75, 3.05) is 27.7 Å². The van der Waals surface area contributed by atoms with Crippen LogP contribution in [0.25, 0.3) is 0 Å². The van der Waals surface area contributed by atoms with Crippen LogP contribution in [0.3, 0.4) is 0 Å². The van der Waals surface area contributed by atoms with E-state index >= 15 is 0 Å². The number of carbonyl (C=O) groups is 2. The molecule has 0 spiro atoms. The molecule has 1 aliphatic heterocycles. The summed E-state index contributed by atoms with van der Waals surface area (Å²) >= 11 is 0. The lowest BCUT2D eigenvalue weighted by atomic mass is 10.1. The maximum Gasteiger partial charge on any atom is 0.322 e. The molecule has 0 aliphatic carbocycles. The second kappa shape index (κ2) is 9.26. The van der Waals surface area contributed by atoms with Gasteiger partial charge in [0.05, 0.1) is 13.4 Å². The molecule has 0 radical (unpaired) electrons. The summed E-state index contributed by atoms with van der Waals surface area (Å²) in [5, 5.41) is 11.9. The molecule has 23 heavy (non-hydrogen) atoms. The predicted molar refractivity (Wildman–Crippen MR) is 85.0 cm³/mol. The third-order valence-corrected chi connectivity index (χ3v) is 3.71. The van der Waals surface area contributed by atoms with E-state index in [0.717, 1.165) is 18.7 Å². The first kappa shape index (κ1) is 19.1. The van der Waals surface area contributed by atoms with Crippen molar-refractivity contribution < 1.29 is 19.4 Å². The smallest absolute Gasteiger partial charge is 0.322 e. The van der Waals surface area contributed by atoms with E-state index in [-0.39, 0.29) is 12.0 Å². The van der Waals surface area contributed by atoms with E-state index < -0.39 is 12.0 Å². The van der Waals surface area contributed by atoms with Crippen LogP contribution in [-0.2, 0) is 20.7 Å². The number of hydrogen-bond acceptors (Lipinski definition) is 6. The first-order chi connectivity index (χ1) is 10.8. The number of imidazole rings is 1. The monoisotopic (exact) mass is 326 g/mol. The number of rotatable bonds is 5. The van der Waals surface area contributed by atoms with Gasteiger partial charge in [0.1, 0.15) is 12.1 Å². The highest BCUT2D eigenvalue weighted by atomic mass is 16.5. The molecule has 0 aromatic carbocycles. The maximum absolute atomic E-state index is 10.9. The largest absolute Gasteiger partial charge is 0.480 e. The van der Waals surface area contributed by atoms with Gasteiger partial charge in [-0.2, -0.15) is 0 Å². The van der Waals surface area contributed by atoms with Gasteiger partial charge in [0.25, 0.3) is 0 Å². The molecule has 2 rings (SSSR count). The molecule has 1 saturated heterocycles. The molecular weight excluding hydrogens is 300 g/mol. The number of carboxylic acid groups (broad SMARTS) is 1. The number of carbonyl (C=O) groups excluding carboxylic acids is 1. The van der Waals surface area contributed by atoms with Crippen LogP contribution in [0.2, 0.25) is 0 Å². The Hall–Kier alpha value is -1.93. The van der Waals surface area contributed by atoms with Crippen molar-refractivity contribution in [1.29, 1.82) is 0 Å². The van der Waals surface area contributed by atoms with E-state index in [0.29, 0.717) is 12.3 Å². The second-order valence-electron chi connectivity index (χ2n) is 5.92. The predicted octanol–water partition coefficient (Wildman–Crippen LogP) is 0.124. The number of likely N-dealkylation sites (N-methyl/N-ethyl adjacent to an activating group) is 1. The lowest BCUT2D eigenvalue weighted by Gasteiger charge is -2.18. The van der Waals surface area contributed by atoms with Gasteiger partial charge in [0.15, 0.2) is 0 Å². The zero-order chi connectivity index (χ0) is 17.4. The number of ether oxygens (including phenoxy) is 1. The minimum absolute atomic E-state index is 0.0556. The number of hydrogen-bond donors (Lipinski definition) is 3. The zero-order valence-corrected chi connectivity index (χ0v) is 14.1. The van der Waals surface area contributed by atoms with Gasteiger partial charge in [-0.3, -0.25) is 14.5 Å². The number of methoxy groups -OCH3 is 1. The molecule has 3 atom stereocenters. The van der Waals surface area contributed by atoms with E-state index in [9.17, 15) is 9.59 Å². The van der Waals surface area contributed by atoms with E-state index in [1.807, 2.05) is 0 Å². The Morgan fingerprint density at radius 1 is 1.52 bits per heavy atom. The van der Waals surface area contributed by atoms with Crippen LogP contribution in [0.5, 0.6) is 0 Å². The molecule has 1 unspecified atom stereocenters. The fourth-order valence-corrected chi connectivity index (χ4v) is 2.33. The van der Waals surface area contributed by atoms with Crippen LogP contribution < -0.4 is 5.32 Å². The maximum atomic E-state index is 10.9. The third kappa shape index (κ3) is 6.37. The first-order valence-corrected chi connectivity index (χ1v) is 7.52. The van der Waals surface area contributed by atoms with Crippen LogP contribution >= 0.6 is 0 Å². The SMILES string of the molecule is CN(C)C(Cc1cnc[nH]1)C(=O)O.COC(=O)[C@@H]1C[C@H](C)CN1. The highest BCUT2D eigenvalue weighted by Crippen LogP contribution is 2.13. The third-order valence-electron chi connectivity index (χ3n) is 3.71. The quantitative estimate of drug-likeness (QED) is 0.660. The molecule has 1 fully saturated rings. The second-order valence-corrected chi connectivity index (χ2v) is 5.92. The van der Waals surface area contributed by atoms with Gasteiger partial charge in [0, 0.05) is 18.3 Å². The molecule has 0 saturated carbocycles. The Balaban J connectivity index is 0.000000238. The van der Waals surface area contributed by atoms with Crippen molar-refractivity contribution in [2.24, 2.45) is 5.92 Å². The number of nitrogens with one attached hydrogen (secondary N) is 2. The molecule has 0 amide bonds. The number of aromatic amines is 1. The molecule has 1 aliphatic rings. The highest BCUT2D eigenvalue weighted by Gasteiger charge is 2.27. The number of nitrogens with zero attached hydrogens (tertiary/aromatic N) is 2. The van der Waals surface area contributed by atoms with E-state index in [1.54, 1.807) is 31.5 Å². The summed E-state index contributed by atoms with van der Waals surface area (Å²) in [5.74, 6) is -0.354. The molecule has 8 nitrogen and oxygen atoms in total. The van der Waals surface area contributed by atoms with Crippen LogP contribution in [0.4, 0.5) is 0 Å². The van der Waals surface area contributed by atoms with Crippen LogP contribution in [-0.4, -0.2) is 71.7 Å². The van der Waals surface area contributed by atoms with Crippen LogP contribution in [0, 0.1) is 5.92 Å². The summed E-state index contributed by atoms with van der Waals surface area (Å²) in [4.78, 5) is 30.0.